The van der Waals surface area contributed by atoms with E-state index >= 15 is 0 Å². The van der Waals surface area contributed by atoms with E-state index in [1.165, 1.54) is 161 Å². The summed E-state index contributed by atoms with van der Waals surface area (Å²) >= 11 is 0. The van der Waals surface area contributed by atoms with Crippen molar-refractivity contribution in [2.75, 3.05) is 13.2 Å². The van der Waals surface area contributed by atoms with E-state index in [2.05, 4.69) is 104 Å². The number of nitrogens with one attached hydrogen (secondary N) is 1. The quantitative estimate of drug-likeness (QED) is 0.0261. The maximum atomic E-state index is 13.0. The number of hydrogen-bond donors (Lipinski definition) is 6. The molecule has 0 spiro atoms. The first-order valence-electron chi connectivity index (χ1n) is 31.5. The molecule has 7 unspecified atom stereocenters. The molecular weight excluding hydrogens is 947 g/mol. The minimum Gasteiger partial charge on any atom is -0.394 e. The van der Waals surface area contributed by atoms with Crippen molar-refractivity contribution in [1.29, 1.82) is 0 Å². The van der Waals surface area contributed by atoms with Crippen LogP contribution in [0.1, 0.15) is 264 Å². The number of carbonyl (C=O) groups excluding carboxylic acids is 1. The fourth-order valence-electron chi connectivity index (χ4n) is 9.49. The number of allylic oxidation sites excluding steroid dienone is 15. The largest absolute Gasteiger partial charge is 0.394 e. The van der Waals surface area contributed by atoms with E-state index in [1.54, 1.807) is 6.08 Å². The van der Waals surface area contributed by atoms with Gasteiger partial charge in [0.2, 0.25) is 5.91 Å². The monoisotopic (exact) mass is 1060 g/mol. The van der Waals surface area contributed by atoms with Crippen LogP contribution in [0.15, 0.2) is 97.2 Å². The molecule has 1 fully saturated rings. The molecule has 1 saturated heterocycles. The summed E-state index contributed by atoms with van der Waals surface area (Å²) in [4.78, 5) is 13.0. The molecule has 76 heavy (non-hydrogen) atoms. The highest BCUT2D eigenvalue weighted by molar-refractivity contribution is 5.76. The Hall–Kier alpha value is -2.89. The third kappa shape index (κ3) is 44.0. The minimum atomic E-state index is -1.57. The van der Waals surface area contributed by atoms with Gasteiger partial charge in [0.05, 0.1) is 25.4 Å². The van der Waals surface area contributed by atoms with Crippen LogP contribution in [-0.4, -0.2) is 87.5 Å². The number of ether oxygens (including phenoxy) is 2. The molecule has 6 N–H and O–H groups in total. The lowest BCUT2D eigenvalue weighted by atomic mass is 9.99. The van der Waals surface area contributed by atoms with Crippen molar-refractivity contribution in [2.45, 2.75) is 307 Å². The maximum absolute atomic E-state index is 13.0. The number of rotatable bonds is 53. The molecule has 0 aromatic heterocycles. The molecule has 438 valence electrons. The molecule has 0 aromatic carbocycles. The van der Waals surface area contributed by atoms with Crippen molar-refractivity contribution >= 4 is 5.91 Å². The van der Waals surface area contributed by atoms with Gasteiger partial charge in [-0.05, 0) is 77.0 Å². The molecule has 9 nitrogen and oxygen atoms in total. The van der Waals surface area contributed by atoms with Gasteiger partial charge in [0.25, 0.3) is 0 Å². The summed E-state index contributed by atoms with van der Waals surface area (Å²) in [6.07, 6.45) is 73.6. The second kappa shape index (κ2) is 55.4. The normalized spacial score (nSPS) is 19.5. The van der Waals surface area contributed by atoms with Crippen LogP contribution >= 0.6 is 0 Å². The molecular formula is C67H117NO8. The topological polar surface area (TPSA) is 149 Å². The molecule has 1 amide bonds. The van der Waals surface area contributed by atoms with Gasteiger partial charge in [-0.3, -0.25) is 4.79 Å². The Morgan fingerprint density at radius 1 is 0.461 bits per heavy atom. The average Bonchev–Trinajstić information content (AvgIpc) is 3.42. The highest BCUT2D eigenvalue weighted by atomic mass is 16.7. The third-order valence-corrected chi connectivity index (χ3v) is 14.4. The van der Waals surface area contributed by atoms with Crippen LogP contribution in [0.3, 0.4) is 0 Å². The van der Waals surface area contributed by atoms with Crippen LogP contribution in [0.4, 0.5) is 0 Å². The summed E-state index contributed by atoms with van der Waals surface area (Å²) in [6, 6.07) is -0.806. The van der Waals surface area contributed by atoms with Gasteiger partial charge >= 0.3 is 0 Å². The first kappa shape index (κ1) is 71.1. The van der Waals surface area contributed by atoms with Gasteiger partial charge in [-0.15, -0.1) is 0 Å². The standard InChI is InChI=1S/C67H117NO8/c1-3-5-7-9-11-13-15-17-18-19-20-21-22-23-24-25-26-27-28-29-30-31-32-33-34-35-36-37-38-39-40-41-42-43-44-45-47-49-51-53-55-57-63(71)68-60(59-75-67-66(74)65(73)64(72)62(58-69)76-67)61(70)56-54-52-50-48-46-16-14-12-10-8-6-4-2/h5,7,11,13,17-18,20-21,23-24,26-27,29-30,54,56,60-62,64-67,69-70,72-74H,3-4,6,8-10,12,14-16,19,22,25,28,31-53,55,57-59H2,1-2H3,(H,68,71)/b7-5-,13-11-,18-17-,21-20-,24-23-,27-26-,30-29-,56-54+. The average molecular weight is 1060 g/mol. The van der Waals surface area contributed by atoms with Crippen molar-refractivity contribution in [3.05, 3.63) is 97.2 Å². The lowest BCUT2D eigenvalue weighted by molar-refractivity contribution is -0.302. The van der Waals surface area contributed by atoms with E-state index in [-0.39, 0.29) is 12.5 Å². The van der Waals surface area contributed by atoms with Crippen molar-refractivity contribution in [2.24, 2.45) is 0 Å². The number of carbonyl (C=O) groups is 1. The van der Waals surface area contributed by atoms with Crippen molar-refractivity contribution in [3.8, 4) is 0 Å². The first-order chi connectivity index (χ1) is 37.3. The fraction of sp³-hybridized carbons (Fsp3) is 0.746. The highest BCUT2D eigenvalue weighted by Gasteiger charge is 2.44. The summed E-state index contributed by atoms with van der Waals surface area (Å²) in [7, 11) is 0. The van der Waals surface area contributed by atoms with Crippen LogP contribution in [0, 0.1) is 0 Å². The van der Waals surface area contributed by atoms with Crippen LogP contribution in [0.5, 0.6) is 0 Å². The zero-order valence-electron chi connectivity index (χ0n) is 48.7. The number of aliphatic hydroxyl groups is 5. The van der Waals surface area contributed by atoms with E-state index in [4.69, 9.17) is 9.47 Å². The van der Waals surface area contributed by atoms with E-state index in [0.717, 1.165) is 83.5 Å². The number of aliphatic hydroxyl groups excluding tert-OH is 5. The van der Waals surface area contributed by atoms with Crippen LogP contribution in [0.25, 0.3) is 0 Å². The summed E-state index contributed by atoms with van der Waals surface area (Å²) in [6.45, 7) is 3.66. The van der Waals surface area contributed by atoms with E-state index < -0.39 is 49.5 Å². The van der Waals surface area contributed by atoms with Crippen molar-refractivity contribution in [3.63, 3.8) is 0 Å². The van der Waals surface area contributed by atoms with E-state index in [0.29, 0.717) is 6.42 Å². The van der Waals surface area contributed by atoms with Crippen LogP contribution in [-0.2, 0) is 14.3 Å². The lowest BCUT2D eigenvalue weighted by Gasteiger charge is -2.40. The summed E-state index contributed by atoms with van der Waals surface area (Å²) in [5.41, 5.74) is 0. The van der Waals surface area contributed by atoms with Gasteiger partial charge in [-0.1, -0.05) is 278 Å². The Bertz CT molecular complexity index is 1510. The highest BCUT2D eigenvalue weighted by Crippen LogP contribution is 2.23. The smallest absolute Gasteiger partial charge is 0.220 e. The molecule has 1 rings (SSSR count). The second-order valence-corrected chi connectivity index (χ2v) is 21.5. The molecule has 0 aliphatic carbocycles. The SMILES string of the molecule is CC/C=C\C/C=C\C/C=C\C/C=C\C/C=C\C/C=C\C/C=C\CCCCCCCCCCCCCCCCCCCCCC(=O)NC(COC1OC(CO)C(O)C(O)C1O)C(O)/C=C/CCCCCCCCCCCC. The zero-order chi connectivity index (χ0) is 55.0. The Balaban J connectivity index is 2.05. The van der Waals surface area contributed by atoms with Crippen LogP contribution in [0.2, 0.25) is 0 Å². The molecule has 1 aliphatic heterocycles. The lowest BCUT2D eigenvalue weighted by Crippen LogP contribution is -2.60. The van der Waals surface area contributed by atoms with Crippen molar-refractivity contribution in [1.82, 2.24) is 5.32 Å². The predicted molar refractivity (Wildman–Crippen MR) is 322 cm³/mol. The summed E-state index contributed by atoms with van der Waals surface area (Å²) in [5, 5.41) is 54.4. The Morgan fingerprint density at radius 3 is 1.21 bits per heavy atom. The second-order valence-electron chi connectivity index (χ2n) is 21.5. The van der Waals surface area contributed by atoms with E-state index in [9.17, 15) is 30.3 Å². The van der Waals surface area contributed by atoms with Gasteiger partial charge in [0.15, 0.2) is 6.29 Å². The molecule has 1 heterocycles. The zero-order valence-corrected chi connectivity index (χ0v) is 48.7. The predicted octanol–water partition coefficient (Wildman–Crippen LogP) is 16.4. The molecule has 0 radical (unpaired) electrons. The molecule has 7 atom stereocenters. The molecule has 1 aliphatic rings. The first-order valence-corrected chi connectivity index (χ1v) is 31.5. The Labute approximate surface area is 466 Å². The van der Waals surface area contributed by atoms with Gasteiger partial charge in [-0.25, -0.2) is 0 Å². The van der Waals surface area contributed by atoms with Gasteiger partial charge < -0.3 is 40.3 Å². The van der Waals surface area contributed by atoms with Crippen LogP contribution < -0.4 is 5.32 Å². The van der Waals surface area contributed by atoms with Gasteiger partial charge in [-0.2, -0.15) is 0 Å². The molecule has 9 heteroatoms. The van der Waals surface area contributed by atoms with Gasteiger partial charge in [0.1, 0.15) is 24.4 Å². The summed E-state index contributed by atoms with van der Waals surface area (Å²) in [5.74, 6) is -0.177. The Kier molecular flexibility index (Phi) is 51.9. The maximum Gasteiger partial charge on any atom is 0.220 e. The van der Waals surface area contributed by atoms with Gasteiger partial charge in [0, 0.05) is 6.42 Å². The summed E-state index contributed by atoms with van der Waals surface area (Å²) < 4.78 is 11.3. The van der Waals surface area contributed by atoms with E-state index in [1.807, 2.05) is 6.08 Å². The number of amides is 1. The molecule has 0 bridgehead atoms. The Morgan fingerprint density at radius 2 is 0.816 bits per heavy atom. The third-order valence-electron chi connectivity index (χ3n) is 14.4. The fourth-order valence-corrected chi connectivity index (χ4v) is 9.49. The molecule has 0 saturated carbocycles. The minimum absolute atomic E-state index is 0.177. The van der Waals surface area contributed by atoms with Crippen molar-refractivity contribution < 1.29 is 39.8 Å². The molecule has 0 aromatic rings. The number of hydrogen-bond acceptors (Lipinski definition) is 8. The number of unbranched alkanes of at least 4 members (excludes halogenated alkanes) is 29.